The van der Waals surface area contributed by atoms with Crippen LogP contribution in [-0.4, -0.2) is 12.9 Å². The van der Waals surface area contributed by atoms with Crippen molar-refractivity contribution in [3.63, 3.8) is 0 Å². The van der Waals surface area contributed by atoms with E-state index in [1.165, 1.54) is 12.3 Å². The van der Waals surface area contributed by atoms with Crippen molar-refractivity contribution in [1.29, 1.82) is 0 Å². The lowest BCUT2D eigenvalue weighted by Gasteiger charge is -1.86. The van der Waals surface area contributed by atoms with Crippen LogP contribution in [0.3, 0.4) is 0 Å². The first-order valence-electron chi connectivity index (χ1n) is 2.13. The summed E-state index contributed by atoms with van der Waals surface area (Å²) in [5.41, 5.74) is 0. The topological polar surface area (TPSA) is 26.3 Å². The first kappa shape index (κ1) is 6.21. The third kappa shape index (κ3) is 5.21. The van der Waals surface area contributed by atoms with Crippen LogP contribution >= 0.6 is 0 Å². The maximum Gasteiger partial charge on any atom is 0.145 e. The molecule has 2 heteroatoms. The summed E-state index contributed by atoms with van der Waals surface area (Å²) in [6, 6.07) is 0. The zero-order valence-electron chi connectivity index (χ0n) is 4.26. The molecule has 0 aliphatic rings. The number of ether oxygens (including phenoxy) is 1. The first-order valence-corrected chi connectivity index (χ1v) is 2.13. The highest BCUT2D eigenvalue weighted by molar-refractivity contribution is 5.64. The Balaban J connectivity index is 2.92. The van der Waals surface area contributed by atoms with Crippen molar-refractivity contribution in [3.8, 4) is 0 Å². The Morgan fingerprint density at radius 1 is 1.71 bits per heavy atom. The van der Waals surface area contributed by atoms with E-state index in [2.05, 4.69) is 4.74 Å². The second kappa shape index (κ2) is 5.21. The molecular formula is C5H8O2. The lowest BCUT2D eigenvalue weighted by Crippen LogP contribution is -1.75. The fourth-order valence-electron chi connectivity index (χ4n) is 0.184. The number of rotatable bonds is 3. The summed E-state index contributed by atoms with van der Waals surface area (Å²) in [5.74, 6) is 0. The summed E-state index contributed by atoms with van der Waals surface area (Å²) in [4.78, 5) is 9.51. The number of carbonyl (C=O) groups is 1. The van der Waals surface area contributed by atoms with Crippen LogP contribution in [0.1, 0.15) is 6.92 Å². The van der Waals surface area contributed by atoms with Gasteiger partial charge < -0.3 is 4.74 Å². The van der Waals surface area contributed by atoms with Crippen molar-refractivity contribution in [2.75, 3.05) is 6.61 Å². The highest BCUT2D eigenvalue weighted by Gasteiger charge is 1.64. The Bertz CT molecular complexity index is 66.5. The monoisotopic (exact) mass is 100 g/mol. The summed E-state index contributed by atoms with van der Waals surface area (Å²) in [5, 5.41) is 0. The van der Waals surface area contributed by atoms with E-state index in [0.717, 1.165) is 0 Å². The third-order valence-electron chi connectivity index (χ3n) is 0.420. The van der Waals surface area contributed by atoms with Crippen molar-refractivity contribution in [2.24, 2.45) is 0 Å². The zero-order chi connectivity index (χ0) is 5.54. The number of allylic oxidation sites excluding steroid dienone is 1. The van der Waals surface area contributed by atoms with Gasteiger partial charge in [0.25, 0.3) is 0 Å². The summed E-state index contributed by atoms with van der Waals surface area (Å²) in [7, 11) is 0. The van der Waals surface area contributed by atoms with E-state index in [1.807, 2.05) is 6.92 Å². The highest BCUT2D eigenvalue weighted by atomic mass is 16.5. The number of aldehydes is 1. The second-order valence-electron chi connectivity index (χ2n) is 0.920. The molecule has 0 spiro atoms. The van der Waals surface area contributed by atoms with Gasteiger partial charge >= 0.3 is 0 Å². The van der Waals surface area contributed by atoms with Crippen LogP contribution in [0.4, 0.5) is 0 Å². The molecule has 0 heterocycles. The van der Waals surface area contributed by atoms with Crippen LogP contribution < -0.4 is 0 Å². The van der Waals surface area contributed by atoms with Gasteiger partial charge in [0.05, 0.1) is 12.9 Å². The number of hydrogen-bond acceptors (Lipinski definition) is 2. The van der Waals surface area contributed by atoms with Crippen LogP contribution in [-0.2, 0) is 9.53 Å². The number of hydrogen-bond donors (Lipinski definition) is 0. The Hall–Kier alpha value is -0.790. The Morgan fingerprint density at radius 3 is 2.86 bits per heavy atom. The Labute approximate surface area is 42.8 Å². The average Bonchev–Trinajstić information content (AvgIpc) is 1.69. The molecule has 0 aromatic rings. The minimum atomic E-state index is 0.615. The third-order valence-corrected chi connectivity index (χ3v) is 0.420. The molecule has 0 aromatic carbocycles. The molecule has 0 saturated heterocycles. The van der Waals surface area contributed by atoms with Gasteiger partial charge in [0.15, 0.2) is 0 Å². The molecule has 0 aliphatic carbocycles. The zero-order valence-corrected chi connectivity index (χ0v) is 4.26. The van der Waals surface area contributed by atoms with Gasteiger partial charge in [0.1, 0.15) is 6.29 Å². The van der Waals surface area contributed by atoms with Gasteiger partial charge in [0.2, 0.25) is 0 Å². The lowest BCUT2D eigenvalue weighted by atomic mass is 10.7. The van der Waals surface area contributed by atoms with Crippen molar-refractivity contribution < 1.29 is 9.53 Å². The molecule has 2 nitrogen and oxygen atoms in total. The van der Waals surface area contributed by atoms with E-state index in [0.29, 0.717) is 12.9 Å². The molecule has 40 valence electrons. The van der Waals surface area contributed by atoms with E-state index in [1.54, 1.807) is 0 Å². The largest absolute Gasteiger partial charge is 0.501 e. The average molecular weight is 100 g/mol. The predicted octanol–water partition coefficient (Wildman–Crippen LogP) is 0.736. The van der Waals surface area contributed by atoms with E-state index < -0.39 is 0 Å². The molecule has 0 fully saturated rings. The lowest BCUT2D eigenvalue weighted by molar-refractivity contribution is -0.104. The van der Waals surface area contributed by atoms with Crippen LogP contribution in [0, 0.1) is 0 Å². The van der Waals surface area contributed by atoms with Crippen LogP contribution in [0.15, 0.2) is 12.3 Å². The molecule has 0 aliphatic heterocycles. The van der Waals surface area contributed by atoms with E-state index in [-0.39, 0.29) is 0 Å². The molecule has 7 heavy (non-hydrogen) atoms. The molecule has 0 aromatic heterocycles. The minimum Gasteiger partial charge on any atom is -0.501 e. The fourth-order valence-corrected chi connectivity index (χ4v) is 0.184. The van der Waals surface area contributed by atoms with E-state index in [4.69, 9.17) is 0 Å². The van der Waals surface area contributed by atoms with E-state index in [9.17, 15) is 4.79 Å². The Kier molecular flexibility index (Phi) is 4.62. The van der Waals surface area contributed by atoms with Crippen molar-refractivity contribution >= 4 is 6.29 Å². The second-order valence-corrected chi connectivity index (χ2v) is 0.920. The van der Waals surface area contributed by atoms with Gasteiger partial charge in [-0.05, 0) is 6.92 Å². The molecule has 0 saturated carbocycles. The minimum absolute atomic E-state index is 0.615. The number of carbonyl (C=O) groups excluding carboxylic acids is 1. The normalized spacial score (nSPS) is 9.29. The molecular weight excluding hydrogens is 92.1 g/mol. The van der Waals surface area contributed by atoms with Gasteiger partial charge in [-0.2, -0.15) is 0 Å². The Morgan fingerprint density at radius 2 is 2.43 bits per heavy atom. The molecule has 0 N–H and O–H groups in total. The summed E-state index contributed by atoms with van der Waals surface area (Å²) >= 11 is 0. The maximum absolute atomic E-state index is 9.51. The fraction of sp³-hybridized carbons (Fsp3) is 0.400. The summed E-state index contributed by atoms with van der Waals surface area (Å²) in [6.07, 6.45) is 3.35. The SMILES string of the molecule is CCO/C=C\C=O. The highest BCUT2D eigenvalue weighted by Crippen LogP contribution is 1.70. The van der Waals surface area contributed by atoms with Gasteiger partial charge in [-0.1, -0.05) is 0 Å². The van der Waals surface area contributed by atoms with Crippen molar-refractivity contribution in [2.45, 2.75) is 6.92 Å². The predicted molar refractivity (Wildman–Crippen MR) is 26.8 cm³/mol. The quantitative estimate of drug-likeness (QED) is 0.297. The summed E-state index contributed by atoms with van der Waals surface area (Å²) < 4.78 is 4.66. The standard InChI is InChI=1S/C5H8O2/c1-2-7-5-3-4-6/h3-5H,2H2,1H3/b5-3-. The maximum atomic E-state index is 9.51. The van der Waals surface area contributed by atoms with Crippen molar-refractivity contribution in [3.05, 3.63) is 12.3 Å². The first-order chi connectivity index (χ1) is 3.41. The van der Waals surface area contributed by atoms with Crippen LogP contribution in [0.2, 0.25) is 0 Å². The van der Waals surface area contributed by atoms with Gasteiger partial charge in [-0.25, -0.2) is 0 Å². The van der Waals surface area contributed by atoms with Gasteiger partial charge in [-0.15, -0.1) is 0 Å². The van der Waals surface area contributed by atoms with Gasteiger partial charge in [0, 0.05) is 6.08 Å². The molecule has 0 radical (unpaired) electrons. The van der Waals surface area contributed by atoms with Gasteiger partial charge in [-0.3, -0.25) is 4.79 Å². The summed E-state index contributed by atoms with van der Waals surface area (Å²) in [6.45, 7) is 2.47. The van der Waals surface area contributed by atoms with E-state index >= 15 is 0 Å². The smallest absolute Gasteiger partial charge is 0.145 e. The molecule has 0 rings (SSSR count). The molecule has 0 unspecified atom stereocenters. The molecule has 0 atom stereocenters. The van der Waals surface area contributed by atoms with Crippen molar-refractivity contribution in [1.82, 2.24) is 0 Å². The van der Waals surface area contributed by atoms with Crippen LogP contribution in [0.25, 0.3) is 0 Å². The molecule has 0 bridgehead atoms. The molecule has 0 amide bonds. The van der Waals surface area contributed by atoms with Crippen LogP contribution in [0.5, 0.6) is 0 Å².